The van der Waals surface area contributed by atoms with Crippen molar-refractivity contribution in [2.24, 2.45) is 5.92 Å². The first-order chi connectivity index (χ1) is 8.78. The molecular weight excluding hydrogens is 222 g/mol. The largest absolute Gasteiger partial charge is 0.369 e. The van der Waals surface area contributed by atoms with Crippen LogP contribution in [0.1, 0.15) is 49.9 Å². The number of nitriles is 1. The van der Waals surface area contributed by atoms with E-state index in [0.29, 0.717) is 5.56 Å². The van der Waals surface area contributed by atoms with E-state index in [9.17, 15) is 5.26 Å². The molecule has 18 heavy (non-hydrogen) atoms. The number of anilines is 1. The summed E-state index contributed by atoms with van der Waals surface area (Å²) in [6.45, 7) is 5.23. The fourth-order valence-corrected chi connectivity index (χ4v) is 2.55. The minimum absolute atomic E-state index is 0.693. The van der Waals surface area contributed by atoms with Crippen LogP contribution in [0.15, 0.2) is 6.07 Å². The molecule has 1 unspecified atom stereocenters. The van der Waals surface area contributed by atoms with E-state index in [4.69, 9.17) is 0 Å². The van der Waals surface area contributed by atoms with Gasteiger partial charge in [-0.3, -0.25) is 0 Å². The van der Waals surface area contributed by atoms with Crippen molar-refractivity contribution in [2.45, 2.75) is 46.0 Å². The monoisotopic (exact) mass is 243 g/mol. The molecule has 2 rings (SSSR count). The van der Waals surface area contributed by atoms with Gasteiger partial charge in [-0.1, -0.05) is 20.3 Å². The second-order valence-electron chi connectivity index (χ2n) is 5.05. The minimum atomic E-state index is 0.693. The summed E-state index contributed by atoms with van der Waals surface area (Å²) in [7, 11) is 0. The zero-order chi connectivity index (χ0) is 13.0. The smallest absolute Gasteiger partial charge is 0.144 e. The lowest BCUT2D eigenvalue weighted by molar-refractivity contribution is 0.440. The number of aromatic nitrogens is 1. The van der Waals surface area contributed by atoms with E-state index in [1.54, 1.807) is 0 Å². The van der Waals surface area contributed by atoms with E-state index in [0.717, 1.165) is 37.5 Å². The SMILES string of the molecule is CCCNc1nc2c(cc1C#N)CC(CC)CC2. The average molecular weight is 243 g/mol. The first-order valence-electron chi connectivity index (χ1n) is 6.95. The van der Waals surface area contributed by atoms with E-state index >= 15 is 0 Å². The van der Waals surface area contributed by atoms with Crippen LogP contribution in [0, 0.1) is 17.2 Å². The molecule has 0 amide bonds. The highest BCUT2D eigenvalue weighted by Gasteiger charge is 2.20. The molecule has 0 aliphatic heterocycles. The molecule has 0 spiro atoms. The lowest BCUT2D eigenvalue weighted by Crippen LogP contribution is -2.17. The fraction of sp³-hybridized carbons (Fsp3) is 0.600. The molecule has 1 aliphatic carbocycles. The molecule has 1 N–H and O–H groups in total. The van der Waals surface area contributed by atoms with Crippen molar-refractivity contribution in [3.05, 3.63) is 22.9 Å². The molecule has 1 atom stereocenters. The summed E-state index contributed by atoms with van der Waals surface area (Å²) < 4.78 is 0. The minimum Gasteiger partial charge on any atom is -0.369 e. The van der Waals surface area contributed by atoms with Crippen LogP contribution in [0.2, 0.25) is 0 Å². The van der Waals surface area contributed by atoms with Gasteiger partial charge in [-0.05, 0) is 43.2 Å². The number of fused-ring (bicyclic) bond motifs is 1. The molecule has 1 aliphatic rings. The third-order valence-corrected chi connectivity index (χ3v) is 3.73. The highest BCUT2D eigenvalue weighted by Crippen LogP contribution is 2.29. The maximum atomic E-state index is 9.21. The Morgan fingerprint density at radius 1 is 1.50 bits per heavy atom. The highest BCUT2D eigenvalue weighted by atomic mass is 15.0. The first kappa shape index (κ1) is 12.9. The second-order valence-corrected chi connectivity index (χ2v) is 5.05. The topological polar surface area (TPSA) is 48.7 Å². The van der Waals surface area contributed by atoms with Crippen LogP contribution in [-0.4, -0.2) is 11.5 Å². The van der Waals surface area contributed by atoms with Gasteiger partial charge in [-0.25, -0.2) is 4.98 Å². The van der Waals surface area contributed by atoms with Gasteiger partial charge in [-0.2, -0.15) is 5.26 Å². The number of nitrogens with zero attached hydrogens (tertiary/aromatic N) is 2. The number of hydrogen-bond donors (Lipinski definition) is 1. The van der Waals surface area contributed by atoms with Crippen molar-refractivity contribution >= 4 is 5.82 Å². The van der Waals surface area contributed by atoms with Crippen LogP contribution in [0.4, 0.5) is 5.82 Å². The number of pyridine rings is 1. The lowest BCUT2D eigenvalue weighted by Gasteiger charge is -2.23. The van der Waals surface area contributed by atoms with E-state index in [2.05, 4.69) is 30.2 Å². The van der Waals surface area contributed by atoms with Gasteiger partial charge in [0.15, 0.2) is 0 Å². The van der Waals surface area contributed by atoms with Crippen molar-refractivity contribution in [1.82, 2.24) is 4.98 Å². The maximum absolute atomic E-state index is 9.21. The van der Waals surface area contributed by atoms with Crippen LogP contribution in [0.3, 0.4) is 0 Å². The van der Waals surface area contributed by atoms with E-state index in [-0.39, 0.29) is 0 Å². The molecule has 0 fully saturated rings. The van der Waals surface area contributed by atoms with Crippen molar-refractivity contribution in [2.75, 3.05) is 11.9 Å². The Bertz CT molecular complexity index is 460. The van der Waals surface area contributed by atoms with Crippen LogP contribution in [0.25, 0.3) is 0 Å². The second kappa shape index (κ2) is 5.86. The summed E-state index contributed by atoms with van der Waals surface area (Å²) in [6.07, 6.45) is 5.64. The lowest BCUT2D eigenvalue weighted by atomic mass is 9.84. The molecule has 96 valence electrons. The number of rotatable bonds is 4. The Morgan fingerprint density at radius 3 is 3.00 bits per heavy atom. The van der Waals surface area contributed by atoms with Crippen molar-refractivity contribution < 1.29 is 0 Å². The van der Waals surface area contributed by atoms with Gasteiger partial charge < -0.3 is 5.32 Å². The summed E-state index contributed by atoms with van der Waals surface area (Å²) in [5, 5.41) is 12.5. The molecule has 3 nitrogen and oxygen atoms in total. The van der Waals surface area contributed by atoms with Gasteiger partial charge in [0.25, 0.3) is 0 Å². The molecule has 3 heteroatoms. The van der Waals surface area contributed by atoms with Crippen LogP contribution in [0.5, 0.6) is 0 Å². The van der Waals surface area contributed by atoms with Gasteiger partial charge in [0, 0.05) is 12.2 Å². The van der Waals surface area contributed by atoms with E-state index in [1.165, 1.54) is 24.1 Å². The predicted octanol–water partition coefficient (Wildman–Crippen LogP) is 3.29. The molecule has 1 aromatic heterocycles. The van der Waals surface area contributed by atoms with Gasteiger partial charge >= 0.3 is 0 Å². The van der Waals surface area contributed by atoms with Gasteiger partial charge in [0.05, 0.1) is 5.56 Å². The summed E-state index contributed by atoms with van der Waals surface area (Å²) in [4.78, 5) is 4.66. The zero-order valence-electron chi connectivity index (χ0n) is 11.3. The van der Waals surface area contributed by atoms with E-state index < -0.39 is 0 Å². The summed E-state index contributed by atoms with van der Waals surface area (Å²) in [5.41, 5.74) is 3.17. The highest BCUT2D eigenvalue weighted by molar-refractivity contribution is 5.54. The Hall–Kier alpha value is -1.56. The van der Waals surface area contributed by atoms with Gasteiger partial charge in [0.1, 0.15) is 11.9 Å². The molecule has 1 heterocycles. The van der Waals surface area contributed by atoms with Crippen molar-refractivity contribution in [3.63, 3.8) is 0 Å². The third kappa shape index (κ3) is 2.64. The summed E-state index contributed by atoms with van der Waals surface area (Å²) >= 11 is 0. The zero-order valence-corrected chi connectivity index (χ0v) is 11.3. The Kier molecular flexibility index (Phi) is 4.19. The van der Waals surface area contributed by atoms with Crippen LogP contribution in [-0.2, 0) is 12.8 Å². The van der Waals surface area contributed by atoms with Gasteiger partial charge in [-0.15, -0.1) is 0 Å². The maximum Gasteiger partial charge on any atom is 0.144 e. The molecule has 0 aromatic carbocycles. The van der Waals surface area contributed by atoms with Crippen LogP contribution >= 0.6 is 0 Å². The third-order valence-electron chi connectivity index (χ3n) is 3.73. The number of hydrogen-bond acceptors (Lipinski definition) is 3. The average Bonchev–Trinajstić information content (AvgIpc) is 2.43. The molecular formula is C15H21N3. The molecule has 0 radical (unpaired) electrons. The molecule has 0 saturated heterocycles. The number of nitrogens with one attached hydrogen (secondary N) is 1. The normalized spacial score (nSPS) is 17.9. The van der Waals surface area contributed by atoms with Gasteiger partial charge in [0.2, 0.25) is 0 Å². The standard InChI is InChI=1S/C15H21N3/c1-3-7-17-15-13(10-16)9-12-8-11(4-2)5-6-14(12)18-15/h9,11H,3-8H2,1-2H3,(H,17,18). The Labute approximate surface area is 109 Å². The molecule has 1 aromatic rings. The fourth-order valence-electron chi connectivity index (χ4n) is 2.55. The summed E-state index contributed by atoms with van der Waals surface area (Å²) in [5.74, 6) is 1.54. The van der Waals surface area contributed by atoms with Crippen LogP contribution < -0.4 is 5.32 Å². The Balaban J connectivity index is 2.28. The number of aryl methyl sites for hydroxylation is 1. The quantitative estimate of drug-likeness (QED) is 0.882. The van der Waals surface area contributed by atoms with Crippen molar-refractivity contribution in [1.29, 1.82) is 5.26 Å². The Morgan fingerprint density at radius 2 is 2.33 bits per heavy atom. The van der Waals surface area contributed by atoms with E-state index in [1.807, 2.05) is 6.07 Å². The first-order valence-corrected chi connectivity index (χ1v) is 6.95. The molecule has 0 bridgehead atoms. The van der Waals surface area contributed by atoms with Crippen molar-refractivity contribution in [3.8, 4) is 6.07 Å². The predicted molar refractivity (Wildman–Crippen MR) is 73.5 cm³/mol. The molecule has 0 saturated carbocycles. The summed E-state index contributed by atoms with van der Waals surface area (Å²) in [6, 6.07) is 4.31.